The molecule has 6 nitrogen and oxygen atoms in total. The molecule has 0 radical (unpaired) electrons. The molecule has 2 aromatic rings. The third kappa shape index (κ3) is 5.16. The molecule has 26 heavy (non-hydrogen) atoms. The van der Waals surface area contributed by atoms with E-state index in [1.54, 1.807) is 12.1 Å². The molecule has 134 valence electrons. The summed E-state index contributed by atoms with van der Waals surface area (Å²) in [6, 6.07) is 14.0. The predicted molar refractivity (Wildman–Crippen MR) is 96.7 cm³/mol. The Morgan fingerprint density at radius 3 is 2.54 bits per heavy atom. The highest BCUT2D eigenvalue weighted by Crippen LogP contribution is 2.37. The van der Waals surface area contributed by atoms with Crippen LogP contribution in [0.25, 0.3) is 6.08 Å². The zero-order valence-electron chi connectivity index (χ0n) is 13.9. The van der Waals surface area contributed by atoms with E-state index in [-0.39, 0.29) is 11.6 Å². The lowest BCUT2D eigenvalue weighted by Crippen LogP contribution is -2.10. The molecule has 0 bridgehead atoms. The van der Waals surface area contributed by atoms with Crippen molar-refractivity contribution in [1.82, 2.24) is 0 Å². The number of hydrogen-bond acceptors (Lipinski definition) is 5. The second-order valence-electron chi connectivity index (χ2n) is 5.02. The van der Waals surface area contributed by atoms with Gasteiger partial charge in [-0.1, -0.05) is 29.8 Å². The van der Waals surface area contributed by atoms with E-state index >= 15 is 0 Å². The van der Waals surface area contributed by atoms with Crippen molar-refractivity contribution >= 4 is 23.6 Å². The SMILES string of the molecule is COc1cc(C=C(C#N)C(=O)O)cc(Cl)c1OCCOc1ccccc1. The molecule has 0 aliphatic heterocycles. The van der Waals surface area contributed by atoms with Crippen molar-refractivity contribution in [2.24, 2.45) is 0 Å². The van der Waals surface area contributed by atoms with Crippen molar-refractivity contribution < 1.29 is 24.1 Å². The molecule has 2 aromatic carbocycles. The molecule has 0 aliphatic rings. The lowest BCUT2D eigenvalue weighted by Gasteiger charge is -2.14. The second kappa shape index (κ2) is 9.35. The second-order valence-corrected chi connectivity index (χ2v) is 5.43. The van der Waals surface area contributed by atoms with Crippen LogP contribution < -0.4 is 14.2 Å². The van der Waals surface area contributed by atoms with E-state index in [4.69, 9.17) is 36.2 Å². The molecule has 0 aromatic heterocycles. The monoisotopic (exact) mass is 373 g/mol. The number of carbonyl (C=O) groups is 1. The summed E-state index contributed by atoms with van der Waals surface area (Å²) < 4.78 is 16.4. The standard InChI is InChI=1S/C19H16ClNO5/c1-24-17-11-13(9-14(12-21)19(22)23)10-16(20)18(17)26-8-7-25-15-5-3-2-4-6-15/h2-6,9-11H,7-8H2,1H3,(H,22,23). The molecule has 0 fully saturated rings. The Bertz CT molecular complexity index is 843. The summed E-state index contributed by atoms with van der Waals surface area (Å²) in [6.07, 6.45) is 1.21. The third-order valence-electron chi connectivity index (χ3n) is 3.26. The van der Waals surface area contributed by atoms with Gasteiger partial charge in [0.2, 0.25) is 0 Å². The fourth-order valence-electron chi connectivity index (χ4n) is 2.09. The van der Waals surface area contributed by atoms with Gasteiger partial charge >= 0.3 is 5.97 Å². The molecule has 2 rings (SSSR count). The van der Waals surface area contributed by atoms with E-state index in [9.17, 15) is 4.79 Å². The lowest BCUT2D eigenvalue weighted by molar-refractivity contribution is -0.132. The Morgan fingerprint density at radius 2 is 1.92 bits per heavy atom. The zero-order chi connectivity index (χ0) is 18.9. The summed E-state index contributed by atoms with van der Waals surface area (Å²) in [4.78, 5) is 10.9. The number of halogens is 1. The van der Waals surface area contributed by atoms with Crippen molar-refractivity contribution in [2.45, 2.75) is 0 Å². The normalized spacial score (nSPS) is 10.7. The molecule has 7 heteroatoms. The van der Waals surface area contributed by atoms with Gasteiger partial charge in [0.15, 0.2) is 11.5 Å². The van der Waals surface area contributed by atoms with Gasteiger partial charge in [-0.25, -0.2) is 4.79 Å². The maximum atomic E-state index is 10.9. The lowest BCUT2D eigenvalue weighted by atomic mass is 10.1. The molecular weight excluding hydrogens is 358 g/mol. The van der Waals surface area contributed by atoms with E-state index < -0.39 is 11.5 Å². The zero-order valence-corrected chi connectivity index (χ0v) is 14.7. The van der Waals surface area contributed by atoms with Crippen LogP contribution in [0.3, 0.4) is 0 Å². The molecule has 0 atom stereocenters. The van der Waals surface area contributed by atoms with Gasteiger partial charge in [0, 0.05) is 0 Å². The quantitative estimate of drug-likeness (QED) is 0.430. The van der Waals surface area contributed by atoms with Gasteiger partial charge in [0.05, 0.1) is 12.1 Å². The van der Waals surface area contributed by atoms with Crippen LogP contribution >= 0.6 is 11.6 Å². The minimum atomic E-state index is -1.32. The molecule has 0 heterocycles. The predicted octanol–water partition coefficient (Wildman–Crippen LogP) is 3.80. The van der Waals surface area contributed by atoms with E-state index in [2.05, 4.69) is 0 Å². The average molecular weight is 374 g/mol. The number of hydrogen-bond donors (Lipinski definition) is 1. The first-order valence-corrected chi connectivity index (χ1v) is 7.96. The maximum absolute atomic E-state index is 10.9. The molecule has 0 amide bonds. The molecule has 0 aliphatic carbocycles. The number of ether oxygens (including phenoxy) is 3. The average Bonchev–Trinajstić information content (AvgIpc) is 2.64. The van der Waals surface area contributed by atoms with Gasteiger partial charge in [-0.2, -0.15) is 5.26 Å². The van der Waals surface area contributed by atoms with Gasteiger partial charge in [0.1, 0.15) is 30.6 Å². The fourth-order valence-corrected chi connectivity index (χ4v) is 2.37. The summed E-state index contributed by atoms with van der Waals surface area (Å²) in [7, 11) is 1.44. The summed E-state index contributed by atoms with van der Waals surface area (Å²) >= 11 is 6.21. The maximum Gasteiger partial charge on any atom is 0.346 e. The summed E-state index contributed by atoms with van der Waals surface area (Å²) in [5.41, 5.74) is 0.00624. The van der Waals surface area contributed by atoms with Crippen molar-refractivity contribution in [3.63, 3.8) is 0 Å². The Labute approximate surface area is 155 Å². The first-order chi connectivity index (χ1) is 12.5. The van der Waals surface area contributed by atoms with Crippen molar-refractivity contribution in [2.75, 3.05) is 20.3 Å². The number of nitriles is 1. The minimum Gasteiger partial charge on any atom is -0.493 e. The Hall–Kier alpha value is -3.17. The van der Waals surface area contributed by atoms with Crippen LogP contribution in [0.1, 0.15) is 5.56 Å². The first-order valence-electron chi connectivity index (χ1n) is 7.58. The van der Waals surface area contributed by atoms with Crippen molar-refractivity contribution in [3.8, 4) is 23.3 Å². The van der Waals surface area contributed by atoms with Gasteiger partial charge < -0.3 is 19.3 Å². The Balaban J connectivity index is 2.09. The van der Waals surface area contributed by atoms with E-state index in [0.29, 0.717) is 23.7 Å². The number of nitrogens with zero attached hydrogens (tertiary/aromatic N) is 1. The van der Waals surface area contributed by atoms with E-state index in [1.807, 2.05) is 30.3 Å². The smallest absolute Gasteiger partial charge is 0.346 e. The minimum absolute atomic E-state index is 0.234. The van der Waals surface area contributed by atoms with Gasteiger partial charge in [-0.05, 0) is 35.9 Å². The third-order valence-corrected chi connectivity index (χ3v) is 3.54. The van der Waals surface area contributed by atoms with Crippen LogP contribution in [0.4, 0.5) is 0 Å². The number of aliphatic carboxylic acids is 1. The topological polar surface area (TPSA) is 88.8 Å². The number of carboxylic acids is 1. The molecule has 0 unspecified atom stereocenters. The van der Waals surface area contributed by atoms with Crippen LogP contribution in [-0.2, 0) is 4.79 Å². The van der Waals surface area contributed by atoms with Crippen LogP contribution in [0.5, 0.6) is 17.2 Å². The number of benzene rings is 2. The van der Waals surface area contributed by atoms with Gasteiger partial charge in [-0.15, -0.1) is 0 Å². The fraction of sp³-hybridized carbons (Fsp3) is 0.158. The van der Waals surface area contributed by atoms with Crippen LogP contribution in [0, 0.1) is 11.3 Å². The van der Waals surface area contributed by atoms with Gasteiger partial charge in [-0.3, -0.25) is 0 Å². The molecular formula is C19H16ClNO5. The van der Waals surface area contributed by atoms with Crippen molar-refractivity contribution in [1.29, 1.82) is 5.26 Å². The molecule has 0 saturated carbocycles. The van der Waals surface area contributed by atoms with Crippen LogP contribution in [-0.4, -0.2) is 31.4 Å². The number of rotatable bonds is 8. The van der Waals surface area contributed by atoms with E-state index in [0.717, 1.165) is 5.75 Å². The number of para-hydroxylation sites is 1. The summed E-state index contributed by atoms with van der Waals surface area (Å²) in [6.45, 7) is 0.543. The summed E-state index contributed by atoms with van der Waals surface area (Å²) in [5.74, 6) is 0.0521. The van der Waals surface area contributed by atoms with Crippen LogP contribution in [0.15, 0.2) is 48.0 Å². The highest BCUT2D eigenvalue weighted by molar-refractivity contribution is 6.32. The highest BCUT2D eigenvalue weighted by atomic mass is 35.5. The number of carboxylic acid groups (broad SMARTS) is 1. The molecule has 0 saturated heterocycles. The Morgan fingerprint density at radius 1 is 1.23 bits per heavy atom. The Kier molecular flexibility index (Phi) is 6.89. The first kappa shape index (κ1) is 19.2. The largest absolute Gasteiger partial charge is 0.493 e. The summed E-state index contributed by atoms with van der Waals surface area (Å²) in [5, 5.41) is 18.0. The van der Waals surface area contributed by atoms with Crippen LogP contribution in [0.2, 0.25) is 5.02 Å². The van der Waals surface area contributed by atoms with Crippen molar-refractivity contribution in [3.05, 3.63) is 58.6 Å². The van der Waals surface area contributed by atoms with Gasteiger partial charge in [0.25, 0.3) is 0 Å². The van der Waals surface area contributed by atoms with E-state index in [1.165, 1.54) is 19.3 Å². The highest BCUT2D eigenvalue weighted by Gasteiger charge is 2.13. The molecule has 1 N–H and O–H groups in total. The molecule has 0 spiro atoms. The number of methoxy groups -OCH3 is 1.